The summed E-state index contributed by atoms with van der Waals surface area (Å²) >= 11 is 0. The Kier molecular flexibility index (Phi) is 5.14. The van der Waals surface area contributed by atoms with Crippen LogP contribution in [0.1, 0.15) is 18.4 Å². The molecule has 3 heterocycles. The highest BCUT2D eigenvalue weighted by atomic mass is 16.5. The second-order valence-corrected chi connectivity index (χ2v) is 8.06. The van der Waals surface area contributed by atoms with Gasteiger partial charge in [0.15, 0.2) is 0 Å². The third kappa shape index (κ3) is 3.52. The van der Waals surface area contributed by atoms with Crippen molar-refractivity contribution in [2.45, 2.75) is 32.4 Å². The van der Waals surface area contributed by atoms with Crippen molar-refractivity contribution in [3.63, 3.8) is 0 Å². The van der Waals surface area contributed by atoms with Gasteiger partial charge in [-0.25, -0.2) is 9.36 Å². The van der Waals surface area contributed by atoms with Crippen LogP contribution in [0, 0.1) is 6.92 Å². The Hall–Kier alpha value is -3.65. The minimum Gasteiger partial charge on any atom is -0.449 e. The Morgan fingerprint density at radius 3 is 2.66 bits per heavy atom. The van der Waals surface area contributed by atoms with Crippen molar-refractivity contribution in [2.24, 2.45) is 0 Å². The first-order chi connectivity index (χ1) is 15.5. The van der Waals surface area contributed by atoms with Crippen LogP contribution >= 0.6 is 0 Å². The van der Waals surface area contributed by atoms with Crippen molar-refractivity contribution in [1.82, 2.24) is 14.5 Å². The van der Waals surface area contributed by atoms with Gasteiger partial charge in [0.2, 0.25) is 11.5 Å². The number of carbonyl (C=O) groups excluding carboxylic acids is 1. The Labute approximate surface area is 183 Å². The lowest BCUT2D eigenvalue weighted by Gasteiger charge is -2.14. The molecule has 1 fully saturated rings. The fourth-order valence-corrected chi connectivity index (χ4v) is 4.15. The highest BCUT2D eigenvalue weighted by molar-refractivity contribution is 6.02. The number of nitrogens with zero attached hydrogens (tertiary/aromatic N) is 2. The van der Waals surface area contributed by atoms with Crippen molar-refractivity contribution < 1.29 is 13.9 Å². The second-order valence-electron chi connectivity index (χ2n) is 8.06. The van der Waals surface area contributed by atoms with Crippen LogP contribution in [0.4, 0.5) is 0 Å². The normalized spacial score (nSPS) is 16.1. The molecule has 0 saturated carbocycles. The van der Waals surface area contributed by atoms with E-state index >= 15 is 0 Å². The molecular formula is C24H23N3O5. The SMILES string of the molecule is Cc1ccc(-n2c(=O)c3oc4ccccc4c3n(CC(=O)NC[C@@H]3CCCO3)c2=O)cc1. The average molecular weight is 433 g/mol. The standard InChI is InChI=1S/C24H23N3O5/c1-15-8-10-16(11-9-15)27-23(29)22-21(18-6-2-3-7-19(18)32-22)26(24(27)30)14-20(28)25-13-17-5-4-12-31-17/h2-3,6-11,17H,4-5,12-14H2,1H3,(H,25,28)/t17-/m0/s1. The maximum absolute atomic E-state index is 13.5. The van der Waals surface area contributed by atoms with Gasteiger partial charge in [0.1, 0.15) is 17.6 Å². The van der Waals surface area contributed by atoms with E-state index in [1.165, 1.54) is 4.57 Å². The van der Waals surface area contributed by atoms with Crippen LogP contribution in [0.2, 0.25) is 0 Å². The summed E-state index contributed by atoms with van der Waals surface area (Å²) in [6.45, 7) is 2.77. The van der Waals surface area contributed by atoms with Crippen molar-refractivity contribution >= 4 is 28.0 Å². The summed E-state index contributed by atoms with van der Waals surface area (Å²) in [5.74, 6) is -0.330. The molecule has 0 unspecified atom stereocenters. The van der Waals surface area contributed by atoms with Gasteiger partial charge in [0, 0.05) is 18.5 Å². The molecule has 32 heavy (non-hydrogen) atoms. The van der Waals surface area contributed by atoms with Gasteiger partial charge in [-0.05, 0) is 44.0 Å². The van der Waals surface area contributed by atoms with E-state index in [0.29, 0.717) is 35.3 Å². The summed E-state index contributed by atoms with van der Waals surface area (Å²) in [5.41, 5.74) is 1.12. The molecule has 4 aromatic rings. The molecule has 8 heteroatoms. The van der Waals surface area contributed by atoms with Gasteiger partial charge in [-0.15, -0.1) is 0 Å². The number of furan rings is 1. The summed E-state index contributed by atoms with van der Waals surface area (Å²) in [6.07, 6.45) is 1.87. The Morgan fingerprint density at radius 2 is 1.91 bits per heavy atom. The third-order valence-corrected chi connectivity index (χ3v) is 5.80. The zero-order valence-corrected chi connectivity index (χ0v) is 17.7. The van der Waals surface area contributed by atoms with Gasteiger partial charge in [-0.3, -0.25) is 14.2 Å². The lowest BCUT2D eigenvalue weighted by molar-refractivity contribution is -0.122. The van der Waals surface area contributed by atoms with Gasteiger partial charge < -0.3 is 14.5 Å². The van der Waals surface area contributed by atoms with Crippen molar-refractivity contribution in [3.05, 3.63) is 74.9 Å². The molecule has 1 atom stereocenters. The number of hydrogen-bond acceptors (Lipinski definition) is 5. The Bertz CT molecular complexity index is 1420. The first-order valence-corrected chi connectivity index (χ1v) is 10.7. The van der Waals surface area contributed by atoms with Crippen LogP contribution in [0.5, 0.6) is 0 Å². The molecule has 0 radical (unpaired) electrons. The molecule has 0 aliphatic carbocycles. The number of aromatic nitrogens is 2. The summed E-state index contributed by atoms with van der Waals surface area (Å²) < 4.78 is 13.8. The molecule has 164 valence electrons. The molecule has 0 bridgehead atoms. The fraction of sp³-hybridized carbons (Fsp3) is 0.292. The van der Waals surface area contributed by atoms with E-state index in [9.17, 15) is 14.4 Å². The number of hydrogen-bond donors (Lipinski definition) is 1. The minimum absolute atomic E-state index is 0.00745. The van der Waals surface area contributed by atoms with Gasteiger partial charge in [0.05, 0.1) is 11.8 Å². The summed E-state index contributed by atoms with van der Waals surface area (Å²) in [4.78, 5) is 39.5. The first kappa shape index (κ1) is 20.3. The summed E-state index contributed by atoms with van der Waals surface area (Å²) in [7, 11) is 0. The van der Waals surface area contributed by atoms with Crippen LogP contribution in [-0.4, -0.2) is 34.3 Å². The molecule has 8 nitrogen and oxygen atoms in total. The summed E-state index contributed by atoms with van der Waals surface area (Å²) in [6, 6.07) is 14.2. The monoisotopic (exact) mass is 433 g/mol. The van der Waals surface area contributed by atoms with Crippen molar-refractivity contribution in [3.8, 4) is 5.69 Å². The fourth-order valence-electron chi connectivity index (χ4n) is 4.15. The molecule has 0 spiro atoms. The molecule has 1 N–H and O–H groups in total. The smallest absolute Gasteiger partial charge is 0.336 e. The number of benzene rings is 2. The Balaban J connectivity index is 1.65. The lowest BCUT2D eigenvalue weighted by Crippen LogP contribution is -2.42. The molecule has 2 aromatic heterocycles. The number of carbonyl (C=O) groups is 1. The maximum Gasteiger partial charge on any atom is 0.336 e. The van der Waals surface area contributed by atoms with Crippen LogP contribution < -0.4 is 16.6 Å². The summed E-state index contributed by atoms with van der Waals surface area (Å²) in [5, 5.41) is 3.46. The molecule has 1 amide bonds. The largest absolute Gasteiger partial charge is 0.449 e. The second kappa shape index (κ2) is 8.12. The molecule has 5 rings (SSSR count). The zero-order valence-electron chi connectivity index (χ0n) is 17.7. The Morgan fingerprint density at radius 1 is 1.12 bits per heavy atom. The number of aryl methyl sites for hydroxylation is 1. The van der Waals surface area contributed by atoms with E-state index in [4.69, 9.17) is 9.15 Å². The van der Waals surface area contributed by atoms with Crippen LogP contribution in [-0.2, 0) is 16.1 Å². The van der Waals surface area contributed by atoms with Gasteiger partial charge >= 0.3 is 11.2 Å². The minimum atomic E-state index is -0.592. The number of ether oxygens (including phenoxy) is 1. The van der Waals surface area contributed by atoms with E-state index in [1.807, 2.05) is 19.1 Å². The van der Waals surface area contributed by atoms with E-state index in [1.54, 1.807) is 36.4 Å². The quantitative estimate of drug-likeness (QED) is 0.522. The molecular weight excluding hydrogens is 410 g/mol. The third-order valence-electron chi connectivity index (χ3n) is 5.80. The van der Waals surface area contributed by atoms with Gasteiger partial charge in [0.25, 0.3) is 0 Å². The number of rotatable bonds is 5. The van der Waals surface area contributed by atoms with Gasteiger partial charge in [-0.2, -0.15) is 0 Å². The highest BCUT2D eigenvalue weighted by Gasteiger charge is 2.23. The number of nitrogens with one attached hydrogen (secondary N) is 1. The number of fused-ring (bicyclic) bond motifs is 3. The lowest BCUT2D eigenvalue weighted by atomic mass is 10.2. The number of amides is 1. The molecule has 2 aromatic carbocycles. The van der Waals surface area contributed by atoms with Crippen LogP contribution in [0.15, 0.2) is 62.5 Å². The van der Waals surface area contributed by atoms with Crippen LogP contribution in [0.3, 0.4) is 0 Å². The van der Waals surface area contributed by atoms with E-state index in [0.717, 1.165) is 23.0 Å². The van der Waals surface area contributed by atoms with E-state index in [2.05, 4.69) is 5.32 Å². The maximum atomic E-state index is 13.5. The predicted molar refractivity (Wildman–Crippen MR) is 120 cm³/mol. The topological polar surface area (TPSA) is 95.5 Å². The molecule has 1 saturated heterocycles. The zero-order chi connectivity index (χ0) is 22.2. The van der Waals surface area contributed by atoms with Crippen molar-refractivity contribution in [2.75, 3.05) is 13.2 Å². The average Bonchev–Trinajstić information content (AvgIpc) is 3.45. The van der Waals surface area contributed by atoms with Crippen molar-refractivity contribution in [1.29, 1.82) is 0 Å². The highest BCUT2D eigenvalue weighted by Crippen LogP contribution is 2.25. The number of para-hydroxylation sites is 1. The predicted octanol–water partition coefficient (Wildman–Crippen LogP) is 2.50. The molecule has 1 aliphatic heterocycles. The van der Waals surface area contributed by atoms with Crippen LogP contribution in [0.25, 0.3) is 27.8 Å². The van der Waals surface area contributed by atoms with E-state index in [-0.39, 0.29) is 24.1 Å². The van der Waals surface area contributed by atoms with E-state index < -0.39 is 11.2 Å². The molecule has 1 aliphatic rings. The van der Waals surface area contributed by atoms with Gasteiger partial charge in [-0.1, -0.05) is 29.8 Å². The first-order valence-electron chi connectivity index (χ1n) is 10.7.